The second kappa shape index (κ2) is 4.10. The first-order valence-corrected chi connectivity index (χ1v) is 4.41. The molecule has 1 rings (SSSR count). The molecule has 0 amide bonds. The van der Waals surface area contributed by atoms with Crippen molar-refractivity contribution >= 4 is 5.69 Å². The number of nitrogen functional groups attached to an aromatic ring is 1. The van der Waals surface area contributed by atoms with Crippen LogP contribution in [0.1, 0.15) is 11.1 Å². The molecule has 0 fully saturated rings. The second-order valence-electron chi connectivity index (χ2n) is 3.66. The molecule has 5 heteroatoms. The maximum Gasteiger partial charge on any atom is 0.418 e. The summed E-state index contributed by atoms with van der Waals surface area (Å²) in [4.78, 5) is 1.80. The first kappa shape index (κ1) is 11.8. The fraction of sp³-hybridized carbons (Fsp3) is 0.400. The molecule has 0 aliphatic rings. The van der Waals surface area contributed by atoms with Gasteiger partial charge in [0.05, 0.1) is 5.56 Å². The smallest absolute Gasteiger partial charge is 0.398 e. The largest absolute Gasteiger partial charge is 0.418 e. The van der Waals surface area contributed by atoms with E-state index in [0.717, 1.165) is 6.07 Å². The lowest BCUT2D eigenvalue weighted by molar-refractivity contribution is -0.137. The quantitative estimate of drug-likeness (QED) is 0.772. The second-order valence-corrected chi connectivity index (χ2v) is 3.66. The number of alkyl halides is 3. The van der Waals surface area contributed by atoms with E-state index in [1.165, 1.54) is 6.07 Å². The van der Waals surface area contributed by atoms with Gasteiger partial charge in [-0.2, -0.15) is 13.2 Å². The van der Waals surface area contributed by atoms with Gasteiger partial charge in [-0.05, 0) is 31.8 Å². The lowest BCUT2D eigenvalue weighted by Crippen LogP contribution is -2.13. The Morgan fingerprint density at radius 3 is 2.33 bits per heavy atom. The summed E-state index contributed by atoms with van der Waals surface area (Å²) < 4.78 is 37.4. The minimum atomic E-state index is -4.38. The highest BCUT2D eigenvalue weighted by atomic mass is 19.4. The third-order valence-electron chi connectivity index (χ3n) is 1.92. The van der Waals surface area contributed by atoms with Crippen LogP contribution in [0, 0.1) is 0 Å². The van der Waals surface area contributed by atoms with E-state index < -0.39 is 11.7 Å². The van der Waals surface area contributed by atoms with Gasteiger partial charge in [0.2, 0.25) is 0 Å². The number of nitrogens with zero attached hydrogens (tertiary/aromatic N) is 1. The zero-order valence-electron chi connectivity index (χ0n) is 8.60. The third kappa shape index (κ3) is 3.13. The highest BCUT2D eigenvalue weighted by Crippen LogP contribution is 2.34. The molecule has 15 heavy (non-hydrogen) atoms. The van der Waals surface area contributed by atoms with Crippen LogP contribution < -0.4 is 5.73 Å². The van der Waals surface area contributed by atoms with Gasteiger partial charge in [-0.15, -0.1) is 0 Å². The van der Waals surface area contributed by atoms with Gasteiger partial charge in [-0.3, -0.25) is 0 Å². The van der Waals surface area contributed by atoms with Gasteiger partial charge in [0, 0.05) is 12.2 Å². The van der Waals surface area contributed by atoms with Gasteiger partial charge in [-0.1, -0.05) is 6.07 Å². The Balaban J connectivity index is 3.06. The maximum absolute atomic E-state index is 12.5. The van der Waals surface area contributed by atoms with Gasteiger partial charge < -0.3 is 10.6 Å². The van der Waals surface area contributed by atoms with Crippen LogP contribution in [0.3, 0.4) is 0 Å². The summed E-state index contributed by atoms with van der Waals surface area (Å²) in [6.45, 7) is 0.462. The van der Waals surface area contributed by atoms with Gasteiger partial charge in [-0.25, -0.2) is 0 Å². The lowest BCUT2D eigenvalue weighted by Gasteiger charge is -2.14. The zero-order valence-corrected chi connectivity index (χ0v) is 8.60. The van der Waals surface area contributed by atoms with Crippen LogP contribution in [-0.2, 0) is 12.7 Å². The summed E-state index contributed by atoms with van der Waals surface area (Å²) in [6, 6.07) is 3.99. The monoisotopic (exact) mass is 218 g/mol. The average Bonchev–Trinajstić information content (AvgIpc) is 2.05. The van der Waals surface area contributed by atoms with Gasteiger partial charge >= 0.3 is 6.18 Å². The Hall–Kier alpha value is -1.23. The van der Waals surface area contributed by atoms with E-state index in [4.69, 9.17) is 5.73 Å². The van der Waals surface area contributed by atoms with Crippen molar-refractivity contribution < 1.29 is 13.2 Å². The van der Waals surface area contributed by atoms with Crippen molar-refractivity contribution in [2.75, 3.05) is 19.8 Å². The summed E-state index contributed by atoms with van der Waals surface area (Å²) >= 11 is 0. The molecule has 0 unspecified atom stereocenters. The predicted octanol–water partition coefficient (Wildman–Crippen LogP) is 2.35. The van der Waals surface area contributed by atoms with Crippen LogP contribution in [0.25, 0.3) is 0 Å². The highest BCUT2D eigenvalue weighted by molar-refractivity contribution is 5.50. The number of benzene rings is 1. The summed E-state index contributed by atoms with van der Waals surface area (Å²) in [5, 5.41) is 0. The molecule has 0 atom stereocenters. The van der Waals surface area contributed by atoms with Crippen LogP contribution in [0.15, 0.2) is 18.2 Å². The normalized spacial score (nSPS) is 12.1. The van der Waals surface area contributed by atoms with Crippen molar-refractivity contribution in [3.05, 3.63) is 29.3 Å². The van der Waals surface area contributed by atoms with Crippen molar-refractivity contribution in [1.29, 1.82) is 0 Å². The summed E-state index contributed by atoms with van der Waals surface area (Å²) in [6.07, 6.45) is -4.38. The molecule has 0 aliphatic carbocycles. The van der Waals surface area contributed by atoms with Crippen LogP contribution in [-0.4, -0.2) is 19.0 Å². The lowest BCUT2D eigenvalue weighted by atomic mass is 10.1. The zero-order chi connectivity index (χ0) is 11.6. The Labute approximate surface area is 86.5 Å². The van der Waals surface area contributed by atoms with Crippen molar-refractivity contribution in [2.45, 2.75) is 12.7 Å². The fourth-order valence-corrected chi connectivity index (χ4v) is 1.31. The number of halogens is 3. The van der Waals surface area contributed by atoms with E-state index in [-0.39, 0.29) is 5.69 Å². The van der Waals surface area contributed by atoms with Crippen LogP contribution in [0.4, 0.5) is 18.9 Å². The summed E-state index contributed by atoms with van der Waals surface area (Å²) in [5.74, 6) is 0. The molecule has 0 saturated heterocycles. The Morgan fingerprint density at radius 1 is 1.27 bits per heavy atom. The van der Waals surface area contributed by atoms with Crippen molar-refractivity contribution in [3.63, 3.8) is 0 Å². The van der Waals surface area contributed by atoms with Crippen molar-refractivity contribution in [2.24, 2.45) is 0 Å². The minimum absolute atomic E-state index is 0.231. The predicted molar refractivity (Wildman–Crippen MR) is 53.2 cm³/mol. The van der Waals surface area contributed by atoms with E-state index in [9.17, 15) is 13.2 Å². The van der Waals surface area contributed by atoms with E-state index >= 15 is 0 Å². The number of hydrogen-bond donors (Lipinski definition) is 1. The molecule has 2 N–H and O–H groups in total. The van der Waals surface area contributed by atoms with Crippen molar-refractivity contribution in [1.82, 2.24) is 4.90 Å². The number of anilines is 1. The maximum atomic E-state index is 12.5. The minimum Gasteiger partial charge on any atom is -0.398 e. The number of rotatable bonds is 2. The topological polar surface area (TPSA) is 29.3 Å². The molecular weight excluding hydrogens is 205 g/mol. The molecule has 0 radical (unpaired) electrons. The van der Waals surface area contributed by atoms with Crippen molar-refractivity contribution in [3.8, 4) is 0 Å². The Kier molecular flexibility index (Phi) is 3.24. The molecule has 0 aliphatic heterocycles. The van der Waals surface area contributed by atoms with Gasteiger partial charge in [0.25, 0.3) is 0 Å². The molecule has 2 nitrogen and oxygen atoms in total. The van der Waals surface area contributed by atoms with E-state index in [2.05, 4.69) is 0 Å². The third-order valence-corrected chi connectivity index (χ3v) is 1.92. The molecule has 0 aromatic heterocycles. The summed E-state index contributed by atoms with van der Waals surface area (Å²) in [5.41, 5.74) is 4.88. The number of hydrogen-bond acceptors (Lipinski definition) is 2. The van der Waals surface area contributed by atoms with Crippen LogP contribution >= 0.6 is 0 Å². The molecule has 0 spiro atoms. The first-order chi connectivity index (χ1) is 6.80. The molecule has 84 valence electrons. The number of nitrogens with two attached hydrogens (primary N) is 1. The standard InChI is InChI=1S/C10H13F3N2/c1-15(2)6-7-3-4-9(14)8(5-7)10(11,12)13/h3-5H,6,14H2,1-2H3. The molecule has 1 aromatic carbocycles. The Morgan fingerprint density at radius 2 is 1.87 bits per heavy atom. The molecular formula is C10H13F3N2. The molecule has 1 aromatic rings. The van der Waals surface area contributed by atoms with Crippen LogP contribution in [0.2, 0.25) is 0 Å². The Bertz CT molecular complexity index is 345. The van der Waals surface area contributed by atoms with Gasteiger partial charge in [0.1, 0.15) is 0 Å². The van der Waals surface area contributed by atoms with E-state index in [0.29, 0.717) is 12.1 Å². The average molecular weight is 218 g/mol. The molecule has 0 saturated carbocycles. The van der Waals surface area contributed by atoms with E-state index in [1.54, 1.807) is 25.1 Å². The SMILES string of the molecule is CN(C)Cc1ccc(N)c(C(F)(F)F)c1. The first-order valence-electron chi connectivity index (χ1n) is 4.41. The highest BCUT2D eigenvalue weighted by Gasteiger charge is 2.32. The molecule has 0 heterocycles. The molecule has 0 bridgehead atoms. The summed E-state index contributed by atoms with van der Waals surface area (Å²) in [7, 11) is 3.59. The fourth-order valence-electron chi connectivity index (χ4n) is 1.31. The van der Waals surface area contributed by atoms with E-state index in [1.807, 2.05) is 0 Å². The van der Waals surface area contributed by atoms with Crippen LogP contribution in [0.5, 0.6) is 0 Å². The van der Waals surface area contributed by atoms with Gasteiger partial charge in [0.15, 0.2) is 0 Å².